The van der Waals surface area contributed by atoms with E-state index in [0.717, 1.165) is 12.7 Å². The van der Waals surface area contributed by atoms with Gasteiger partial charge in [-0.15, -0.1) is 18.9 Å². The Kier molecular flexibility index (Phi) is 7.32. The predicted octanol–water partition coefficient (Wildman–Crippen LogP) is 4.18. The van der Waals surface area contributed by atoms with Crippen LogP contribution in [-0.4, -0.2) is 20.7 Å². The van der Waals surface area contributed by atoms with Crippen LogP contribution in [-0.2, 0) is 9.22 Å². The molecule has 0 saturated heterocycles. The smallest absolute Gasteiger partial charge is 0.192 e. The minimum atomic E-state index is -1.87. The Bertz CT molecular complexity index is 324. The number of hydrogen-bond acceptors (Lipinski definition) is 2. The van der Waals surface area contributed by atoms with Gasteiger partial charge in [-0.25, -0.2) is 0 Å². The number of hydrogen-bond donors (Lipinski definition) is 0. The molecule has 108 valence electrons. The van der Waals surface area contributed by atoms with Gasteiger partial charge in [-0.05, 0) is 30.5 Å². The van der Waals surface area contributed by atoms with Crippen molar-refractivity contribution in [3.05, 3.63) is 12.7 Å². The Labute approximate surface area is 119 Å². The lowest BCUT2D eigenvalue weighted by atomic mass is 9.94. The van der Waals surface area contributed by atoms with Crippen LogP contribution in [0.25, 0.3) is 0 Å². The zero-order valence-electron chi connectivity index (χ0n) is 13.0. The fraction of sp³-hybridized carbons (Fsp3) is 0.688. The first-order valence-electron chi connectivity index (χ1n) is 6.85. The maximum absolute atomic E-state index is 10.8. The maximum Gasteiger partial charge on any atom is 0.192 e. The van der Waals surface area contributed by atoms with Crippen molar-refractivity contribution in [1.82, 2.24) is 0 Å². The van der Waals surface area contributed by atoms with Gasteiger partial charge in [0, 0.05) is 12.8 Å². The summed E-state index contributed by atoms with van der Waals surface area (Å²) in [5.41, 5.74) is 0. The van der Waals surface area contributed by atoms with Crippen LogP contribution < -0.4 is 0 Å². The second-order valence-electron chi connectivity index (χ2n) is 6.51. The van der Waals surface area contributed by atoms with Gasteiger partial charge in [-0.2, -0.15) is 0 Å². The third-order valence-corrected chi connectivity index (χ3v) is 8.47. The molecule has 0 aliphatic heterocycles. The summed E-state index contributed by atoms with van der Waals surface area (Å²) < 4.78 is 6.40. The van der Waals surface area contributed by atoms with Crippen LogP contribution >= 0.6 is 0 Å². The molecule has 0 unspecified atom stereocenters. The monoisotopic (exact) mass is 280 g/mol. The molecule has 2 nitrogen and oxygen atoms in total. The van der Waals surface area contributed by atoms with E-state index in [0.29, 0.717) is 12.8 Å². The van der Waals surface area contributed by atoms with Crippen molar-refractivity contribution in [2.75, 3.05) is 0 Å². The van der Waals surface area contributed by atoms with Crippen molar-refractivity contribution in [2.45, 2.75) is 64.3 Å². The molecule has 0 bridgehead atoms. The molecule has 0 aromatic carbocycles. The first-order chi connectivity index (χ1) is 8.69. The third kappa shape index (κ3) is 5.75. The predicted molar refractivity (Wildman–Crippen MR) is 84.5 cm³/mol. The Morgan fingerprint density at radius 2 is 1.95 bits per heavy atom. The Balaban J connectivity index is 5.04. The first-order valence-corrected chi connectivity index (χ1v) is 9.76. The standard InChI is InChI=1S/C16H28O2Si/c1-8-10-14(12-13-17)15(11-9-2)18-19(6,7)16(3,4)5/h2,8,13-15H,1,10-12H2,3-7H3/t14-,15+/m0/s1. The van der Waals surface area contributed by atoms with Crippen molar-refractivity contribution >= 4 is 14.6 Å². The highest BCUT2D eigenvalue weighted by Crippen LogP contribution is 2.39. The highest BCUT2D eigenvalue weighted by atomic mass is 28.4. The molecular weight excluding hydrogens is 252 g/mol. The van der Waals surface area contributed by atoms with Gasteiger partial charge in [0.2, 0.25) is 0 Å². The van der Waals surface area contributed by atoms with E-state index in [4.69, 9.17) is 10.8 Å². The highest BCUT2D eigenvalue weighted by Gasteiger charge is 2.40. The normalized spacial score (nSPS) is 15.4. The molecule has 0 aliphatic carbocycles. The van der Waals surface area contributed by atoms with Crippen LogP contribution in [0.3, 0.4) is 0 Å². The minimum absolute atomic E-state index is 0.0471. The molecule has 0 aliphatic rings. The van der Waals surface area contributed by atoms with Crippen LogP contribution in [0.4, 0.5) is 0 Å². The zero-order chi connectivity index (χ0) is 15.1. The van der Waals surface area contributed by atoms with Gasteiger partial charge in [-0.3, -0.25) is 0 Å². The lowest BCUT2D eigenvalue weighted by molar-refractivity contribution is -0.109. The molecule has 0 heterocycles. The summed E-state index contributed by atoms with van der Waals surface area (Å²) in [6.07, 6.45) is 10.00. The fourth-order valence-electron chi connectivity index (χ4n) is 1.71. The van der Waals surface area contributed by atoms with E-state index in [-0.39, 0.29) is 17.1 Å². The quantitative estimate of drug-likeness (QED) is 0.288. The summed E-state index contributed by atoms with van der Waals surface area (Å²) in [5, 5.41) is 0.139. The van der Waals surface area contributed by atoms with Crippen LogP contribution in [0.1, 0.15) is 40.0 Å². The Hall–Kier alpha value is -0.853. The Morgan fingerprint density at radius 1 is 1.37 bits per heavy atom. The molecule has 0 radical (unpaired) electrons. The van der Waals surface area contributed by atoms with Crippen molar-refractivity contribution in [1.29, 1.82) is 0 Å². The van der Waals surface area contributed by atoms with E-state index < -0.39 is 8.32 Å². The SMILES string of the molecule is C#CC[C@@H](O[Si](C)(C)C(C)(C)C)[C@@H](CC=C)CC=O. The van der Waals surface area contributed by atoms with Gasteiger partial charge in [0.1, 0.15) is 6.29 Å². The molecule has 3 heteroatoms. The molecule has 0 amide bonds. The van der Waals surface area contributed by atoms with Crippen molar-refractivity contribution in [3.8, 4) is 12.3 Å². The fourth-order valence-corrected chi connectivity index (χ4v) is 3.10. The number of terminal acetylenes is 1. The van der Waals surface area contributed by atoms with Gasteiger partial charge < -0.3 is 9.22 Å². The van der Waals surface area contributed by atoms with Crippen LogP contribution in [0, 0.1) is 18.3 Å². The summed E-state index contributed by atoms with van der Waals surface area (Å²) >= 11 is 0. The lowest BCUT2D eigenvalue weighted by Crippen LogP contribution is -2.45. The number of aldehydes is 1. The molecule has 0 saturated carbocycles. The molecule has 19 heavy (non-hydrogen) atoms. The lowest BCUT2D eigenvalue weighted by Gasteiger charge is -2.40. The second-order valence-corrected chi connectivity index (χ2v) is 11.3. The van der Waals surface area contributed by atoms with E-state index in [1.807, 2.05) is 6.08 Å². The number of carbonyl (C=O) groups excluding carboxylic acids is 1. The molecule has 0 N–H and O–H groups in total. The van der Waals surface area contributed by atoms with Gasteiger partial charge in [0.05, 0.1) is 6.10 Å². The van der Waals surface area contributed by atoms with Crippen LogP contribution in [0.15, 0.2) is 12.7 Å². The van der Waals surface area contributed by atoms with E-state index in [1.54, 1.807) is 0 Å². The summed E-state index contributed by atoms with van der Waals surface area (Å²) in [7, 11) is -1.87. The van der Waals surface area contributed by atoms with E-state index >= 15 is 0 Å². The summed E-state index contributed by atoms with van der Waals surface area (Å²) in [4.78, 5) is 10.8. The highest BCUT2D eigenvalue weighted by molar-refractivity contribution is 6.74. The molecule has 0 spiro atoms. The van der Waals surface area contributed by atoms with Gasteiger partial charge in [0.15, 0.2) is 8.32 Å². The van der Waals surface area contributed by atoms with E-state index in [1.165, 1.54) is 0 Å². The number of rotatable bonds is 8. The molecule has 0 aromatic heterocycles. The summed E-state index contributed by atoms with van der Waals surface area (Å²) in [6.45, 7) is 14.8. The van der Waals surface area contributed by atoms with Gasteiger partial charge in [-0.1, -0.05) is 26.8 Å². The maximum atomic E-state index is 10.8. The average molecular weight is 280 g/mol. The zero-order valence-corrected chi connectivity index (χ0v) is 14.0. The minimum Gasteiger partial charge on any atom is -0.413 e. The Morgan fingerprint density at radius 3 is 2.32 bits per heavy atom. The molecular formula is C16H28O2Si. The molecule has 2 atom stereocenters. The van der Waals surface area contributed by atoms with Crippen molar-refractivity contribution in [3.63, 3.8) is 0 Å². The second kappa shape index (κ2) is 7.67. The van der Waals surface area contributed by atoms with Crippen LogP contribution in [0.2, 0.25) is 18.1 Å². The molecule has 0 aromatic rings. The van der Waals surface area contributed by atoms with E-state index in [9.17, 15) is 4.79 Å². The van der Waals surface area contributed by atoms with Crippen molar-refractivity contribution < 1.29 is 9.22 Å². The van der Waals surface area contributed by atoms with Gasteiger partial charge in [0.25, 0.3) is 0 Å². The van der Waals surface area contributed by atoms with Gasteiger partial charge >= 0.3 is 0 Å². The molecule has 0 fully saturated rings. The summed E-state index contributed by atoms with van der Waals surface area (Å²) in [5.74, 6) is 2.83. The van der Waals surface area contributed by atoms with Crippen molar-refractivity contribution in [2.24, 2.45) is 5.92 Å². The topological polar surface area (TPSA) is 26.3 Å². The largest absolute Gasteiger partial charge is 0.413 e. The van der Waals surface area contributed by atoms with E-state index in [2.05, 4.69) is 46.4 Å². The average Bonchev–Trinajstić information content (AvgIpc) is 2.26. The molecule has 0 rings (SSSR count). The van der Waals surface area contributed by atoms with Crippen LogP contribution in [0.5, 0.6) is 0 Å². The summed E-state index contributed by atoms with van der Waals surface area (Å²) in [6, 6.07) is 0. The third-order valence-electron chi connectivity index (χ3n) is 3.97. The number of carbonyl (C=O) groups is 1. The first kappa shape index (κ1) is 18.1. The number of allylic oxidation sites excluding steroid dienone is 1.